The summed E-state index contributed by atoms with van der Waals surface area (Å²) in [6.45, 7) is 2.26. The van der Waals surface area contributed by atoms with E-state index in [-0.39, 0.29) is 30.0 Å². The largest absolute Gasteiger partial charge is 0.453 e. The van der Waals surface area contributed by atoms with Crippen LogP contribution in [-0.4, -0.2) is 67.4 Å². The fourth-order valence-corrected chi connectivity index (χ4v) is 4.65. The average molecular weight is 419 g/mol. The molecule has 1 saturated heterocycles. The van der Waals surface area contributed by atoms with Crippen LogP contribution in [-0.2, 0) is 14.9 Å². The summed E-state index contributed by atoms with van der Waals surface area (Å²) in [4.78, 5) is 28.2. The monoisotopic (exact) mass is 419 g/mol. The SMILES string of the molecule is COC(=O)N1CCN(c2ccc(C3(C(=O)N[C@H]4CC[C@H](O)CC4)CC3)c(F)c2)CC1. The van der Waals surface area contributed by atoms with Crippen LogP contribution in [0.5, 0.6) is 0 Å². The van der Waals surface area contributed by atoms with Gasteiger partial charge in [-0.3, -0.25) is 4.79 Å². The first kappa shape index (κ1) is 20.9. The Labute approximate surface area is 176 Å². The maximum atomic E-state index is 15.1. The van der Waals surface area contributed by atoms with Crippen LogP contribution in [0.15, 0.2) is 18.2 Å². The molecule has 0 aromatic heterocycles. The number of halogens is 1. The molecule has 2 N–H and O–H groups in total. The molecule has 1 aromatic rings. The van der Waals surface area contributed by atoms with Crippen molar-refractivity contribution in [2.24, 2.45) is 0 Å². The van der Waals surface area contributed by atoms with E-state index in [1.165, 1.54) is 13.2 Å². The molecule has 1 aliphatic heterocycles. The van der Waals surface area contributed by atoms with Gasteiger partial charge in [-0.2, -0.15) is 0 Å². The minimum Gasteiger partial charge on any atom is -0.453 e. The Bertz CT molecular complexity index is 798. The summed E-state index contributed by atoms with van der Waals surface area (Å²) < 4.78 is 19.8. The van der Waals surface area contributed by atoms with Crippen molar-refractivity contribution in [3.05, 3.63) is 29.6 Å². The molecule has 0 spiro atoms. The Morgan fingerprint density at radius 1 is 1.13 bits per heavy atom. The molecule has 164 valence electrons. The van der Waals surface area contributed by atoms with Gasteiger partial charge in [-0.05, 0) is 50.7 Å². The van der Waals surface area contributed by atoms with Crippen LogP contribution in [0.25, 0.3) is 0 Å². The molecule has 1 heterocycles. The number of anilines is 1. The van der Waals surface area contributed by atoms with Gasteiger partial charge in [-0.25, -0.2) is 9.18 Å². The standard InChI is InChI=1S/C22H30FN3O4/c1-30-21(29)26-12-10-25(11-13-26)16-4-7-18(19(23)14-16)22(8-9-22)20(28)24-15-2-5-17(27)6-3-15/h4,7,14-15,17,27H,2-3,5-6,8-13H2,1H3,(H,24,28)/t15-,17-. The van der Waals surface area contributed by atoms with E-state index in [4.69, 9.17) is 4.74 Å². The number of rotatable bonds is 4. The molecule has 2 saturated carbocycles. The summed E-state index contributed by atoms with van der Waals surface area (Å²) in [6.07, 6.45) is 3.63. The molecule has 4 rings (SSSR count). The van der Waals surface area contributed by atoms with E-state index in [2.05, 4.69) is 5.32 Å². The van der Waals surface area contributed by atoms with E-state index in [0.717, 1.165) is 18.5 Å². The maximum absolute atomic E-state index is 15.1. The number of amides is 2. The first-order chi connectivity index (χ1) is 14.4. The van der Waals surface area contributed by atoms with Gasteiger partial charge in [0.15, 0.2) is 0 Å². The molecule has 0 atom stereocenters. The average Bonchev–Trinajstić information content (AvgIpc) is 3.57. The molecular weight excluding hydrogens is 389 g/mol. The number of aliphatic hydroxyl groups is 1. The third kappa shape index (κ3) is 4.10. The number of piperazine rings is 1. The van der Waals surface area contributed by atoms with Crippen LogP contribution in [0, 0.1) is 5.82 Å². The highest BCUT2D eigenvalue weighted by Crippen LogP contribution is 2.50. The number of hydrogen-bond donors (Lipinski definition) is 2. The number of nitrogens with one attached hydrogen (secondary N) is 1. The van der Waals surface area contributed by atoms with Gasteiger partial charge in [0.1, 0.15) is 5.82 Å². The van der Waals surface area contributed by atoms with Crippen molar-refractivity contribution in [3.8, 4) is 0 Å². The Kier molecular flexibility index (Phi) is 5.86. The van der Waals surface area contributed by atoms with Crippen molar-refractivity contribution < 1.29 is 23.8 Å². The smallest absolute Gasteiger partial charge is 0.409 e. The number of ether oxygens (including phenoxy) is 1. The van der Waals surface area contributed by atoms with E-state index in [0.29, 0.717) is 57.4 Å². The lowest BCUT2D eigenvalue weighted by Crippen LogP contribution is -2.48. The summed E-state index contributed by atoms with van der Waals surface area (Å²) in [6, 6.07) is 5.19. The number of benzene rings is 1. The number of carbonyl (C=O) groups is 2. The predicted octanol–water partition coefficient (Wildman–Crippen LogP) is 2.17. The molecule has 3 aliphatic rings. The third-order valence-electron chi connectivity index (χ3n) is 6.76. The van der Waals surface area contributed by atoms with E-state index >= 15 is 4.39 Å². The highest BCUT2D eigenvalue weighted by atomic mass is 19.1. The number of aliphatic hydroxyl groups excluding tert-OH is 1. The number of methoxy groups -OCH3 is 1. The van der Waals surface area contributed by atoms with Gasteiger partial charge in [-0.15, -0.1) is 0 Å². The second-order valence-corrected chi connectivity index (χ2v) is 8.67. The van der Waals surface area contributed by atoms with Gasteiger partial charge >= 0.3 is 6.09 Å². The topological polar surface area (TPSA) is 82.1 Å². The molecule has 2 aliphatic carbocycles. The summed E-state index contributed by atoms with van der Waals surface area (Å²) in [7, 11) is 1.37. The number of hydrogen-bond acceptors (Lipinski definition) is 5. The fraction of sp³-hybridized carbons (Fsp3) is 0.636. The molecule has 7 nitrogen and oxygen atoms in total. The summed E-state index contributed by atoms with van der Waals surface area (Å²) in [5.74, 6) is -0.447. The van der Waals surface area contributed by atoms with Gasteiger partial charge in [-0.1, -0.05) is 6.07 Å². The molecule has 8 heteroatoms. The molecule has 0 bridgehead atoms. The van der Waals surface area contributed by atoms with Gasteiger partial charge in [0.25, 0.3) is 0 Å². The minimum atomic E-state index is -0.762. The molecule has 2 amide bonds. The van der Waals surface area contributed by atoms with E-state index in [9.17, 15) is 14.7 Å². The first-order valence-corrected chi connectivity index (χ1v) is 10.8. The van der Waals surface area contributed by atoms with Gasteiger partial charge in [0.05, 0.1) is 18.6 Å². The lowest BCUT2D eigenvalue weighted by Gasteiger charge is -2.35. The van der Waals surface area contributed by atoms with Crippen molar-refractivity contribution in [2.45, 2.75) is 56.1 Å². The van der Waals surface area contributed by atoms with Crippen molar-refractivity contribution in [2.75, 3.05) is 38.2 Å². The lowest BCUT2D eigenvalue weighted by molar-refractivity contribution is -0.124. The van der Waals surface area contributed by atoms with Gasteiger partial charge in [0.2, 0.25) is 5.91 Å². The van der Waals surface area contributed by atoms with Gasteiger partial charge in [0, 0.05) is 43.5 Å². The van der Waals surface area contributed by atoms with E-state index in [1.807, 2.05) is 11.0 Å². The van der Waals surface area contributed by atoms with Crippen LogP contribution >= 0.6 is 0 Å². The van der Waals surface area contributed by atoms with Crippen LogP contribution in [0.4, 0.5) is 14.9 Å². The van der Waals surface area contributed by atoms with Crippen molar-refractivity contribution in [1.82, 2.24) is 10.2 Å². The summed E-state index contributed by atoms with van der Waals surface area (Å²) in [5, 5.41) is 12.7. The third-order valence-corrected chi connectivity index (χ3v) is 6.76. The highest BCUT2D eigenvalue weighted by molar-refractivity contribution is 5.91. The van der Waals surface area contributed by atoms with Crippen LogP contribution in [0.1, 0.15) is 44.1 Å². The Morgan fingerprint density at radius 3 is 2.37 bits per heavy atom. The minimum absolute atomic E-state index is 0.0619. The van der Waals surface area contributed by atoms with Crippen LogP contribution < -0.4 is 10.2 Å². The normalized spacial score (nSPS) is 25.6. The van der Waals surface area contributed by atoms with Crippen molar-refractivity contribution in [1.29, 1.82) is 0 Å². The van der Waals surface area contributed by atoms with Crippen molar-refractivity contribution >= 4 is 17.7 Å². The zero-order chi connectivity index (χ0) is 21.3. The summed E-state index contributed by atoms with van der Waals surface area (Å²) >= 11 is 0. The molecule has 3 fully saturated rings. The predicted molar refractivity (Wildman–Crippen MR) is 110 cm³/mol. The molecular formula is C22H30FN3O4. The maximum Gasteiger partial charge on any atom is 0.409 e. The molecule has 30 heavy (non-hydrogen) atoms. The second kappa shape index (κ2) is 8.41. The second-order valence-electron chi connectivity index (χ2n) is 8.67. The molecule has 0 radical (unpaired) electrons. The Hall–Kier alpha value is -2.35. The number of nitrogens with zero attached hydrogens (tertiary/aromatic N) is 2. The first-order valence-electron chi connectivity index (χ1n) is 10.8. The zero-order valence-corrected chi connectivity index (χ0v) is 17.4. The molecule has 0 unspecified atom stereocenters. The lowest BCUT2D eigenvalue weighted by atomic mass is 9.90. The highest BCUT2D eigenvalue weighted by Gasteiger charge is 2.53. The van der Waals surface area contributed by atoms with Crippen molar-refractivity contribution in [3.63, 3.8) is 0 Å². The fourth-order valence-electron chi connectivity index (χ4n) is 4.65. The molecule has 1 aromatic carbocycles. The Balaban J connectivity index is 1.41. The number of carbonyl (C=O) groups excluding carboxylic acids is 2. The Morgan fingerprint density at radius 2 is 1.80 bits per heavy atom. The zero-order valence-electron chi connectivity index (χ0n) is 17.4. The van der Waals surface area contributed by atoms with E-state index < -0.39 is 5.41 Å². The van der Waals surface area contributed by atoms with E-state index in [1.54, 1.807) is 11.0 Å². The quantitative estimate of drug-likeness (QED) is 0.782. The van der Waals surface area contributed by atoms with Crippen LogP contribution in [0.2, 0.25) is 0 Å². The van der Waals surface area contributed by atoms with Gasteiger partial charge < -0.3 is 25.0 Å². The summed E-state index contributed by atoms with van der Waals surface area (Å²) in [5.41, 5.74) is 0.466. The van der Waals surface area contributed by atoms with Crippen LogP contribution in [0.3, 0.4) is 0 Å².